The van der Waals surface area contributed by atoms with E-state index in [1.807, 2.05) is 0 Å². The highest BCUT2D eigenvalue weighted by Gasteiger charge is 2.00. The van der Waals surface area contributed by atoms with Crippen molar-refractivity contribution >= 4 is 23.2 Å². The highest BCUT2D eigenvalue weighted by Crippen LogP contribution is 2.06. The summed E-state index contributed by atoms with van der Waals surface area (Å²) in [5.41, 5.74) is 0.430. The maximum atomic E-state index is 11.0. The van der Waals surface area contributed by atoms with Crippen LogP contribution < -0.4 is 5.56 Å². The van der Waals surface area contributed by atoms with Crippen LogP contribution >= 0.6 is 23.2 Å². The molecule has 0 unspecified atom stereocenters. The molecule has 0 saturated heterocycles. The van der Waals surface area contributed by atoms with Gasteiger partial charge in [0.1, 0.15) is 6.00 Å². The summed E-state index contributed by atoms with van der Waals surface area (Å²) < 4.78 is 1.09. The number of halogens is 2. The molecule has 0 aliphatic heterocycles. The molecule has 0 spiro atoms. The molecule has 0 fully saturated rings. The average molecular weight is 193 g/mol. The number of hydrogen-bond acceptors (Lipinski definition) is 2. The van der Waals surface area contributed by atoms with Gasteiger partial charge in [-0.05, 0) is 12.5 Å². The molecule has 0 aliphatic carbocycles. The second-order valence-corrected chi connectivity index (χ2v) is 2.67. The Morgan fingerprint density at radius 3 is 2.91 bits per heavy atom. The molecule has 1 aromatic rings. The molecule has 1 aromatic heterocycles. The van der Waals surface area contributed by atoms with Gasteiger partial charge in [0.2, 0.25) is 0 Å². The first-order chi connectivity index (χ1) is 5.15. The van der Waals surface area contributed by atoms with E-state index in [2.05, 4.69) is 5.10 Å². The molecule has 0 aromatic carbocycles. The third kappa shape index (κ3) is 1.73. The normalized spacial score (nSPS) is 10.1. The first kappa shape index (κ1) is 8.56. The van der Waals surface area contributed by atoms with Crippen LogP contribution in [0.5, 0.6) is 0 Å². The summed E-state index contributed by atoms with van der Waals surface area (Å²) in [6.45, 7) is 1.72. The standard InChI is InChI=1S/C6H6Cl2N2O/c1-4-2-5(11)10(3-7)9-6(4)8/h2H,3H2,1H3. The molecule has 5 heteroatoms. The van der Waals surface area contributed by atoms with Crippen molar-refractivity contribution in [3.05, 3.63) is 27.1 Å². The molecule has 0 radical (unpaired) electrons. The van der Waals surface area contributed by atoms with Gasteiger partial charge in [0.05, 0.1) is 0 Å². The predicted molar refractivity (Wildman–Crippen MR) is 44.1 cm³/mol. The topological polar surface area (TPSA) is 34.9 Å². The number of nitrogens with zero attached hydrogens (tertiary/aromatic N) is 2. The van der Waals surface area contributed by atoms with E-state index < -0.39 is 0 Å². The van der Waals surface area contributed by atoms with Crippen LogP contribution in [-0.4, -0.2) is 9.78 Å². The van der Waals surface area contributed by atoms with Crippen LogP contribution in [0.4, 0.5) is 0 Å². The molecule has 0 N–H and O–H groups in total. The van der Waals surface area contributed by atoms with E-state index >= 15 is 0 Å². The Morgan fingerprint density at radius 1 is 1.73 bits per heavy atom. The van der Waals surface area contributed by atoms with Gasteiger partial charge in [-0.25, -0.2) is 4.68 Å². The monoisotopic (exact) mass is 192 g/mol. The SMILES string of the molecule is Cc1cc(=O)n(CCl)nc1Cl. The summed E-state index contributed by atoms with van der Waals surface area (Å²) in [5, 5.41) is 4.04. The van der Waals surface area contributed by atoms with Crippen LogP contribution in [0, 0.1) is 6.92 Å². The number of rotatable bonds is 1. The first-order valence-electron chi connectivity index (χ1n) is 2.95. The number of aromatic nitrogens is 2. The molecule has 11 heavy (non-hydrogen) atoms. The number of alkyl halides is 1. The quantitative estimate of drug-likeness (QED) is 0.631. The van der Waals surface area contributed by atoms with Gasteiger partial charge < -0.3 is 0 Å². The Bertz CT molecular complexity index is 321. The van der Waals surface area contributed by atoms with Gasteiger partial charge in [0.15, 0.2) is 5.15 Å². The van der Waals surface area contributed by atoms with E-state index in [0.29, 0.717) is 10.7 Å². The fourth-order valence-corrected chi connectivity index (χ4v) is 0.956. The maximum Gasteiger partial charge on any atom is 0.268 e. The van der Waals surface area contributed by atoms with Gasteiger partial charge in [-0.3, -0.25) is 4.79 Å². The minimum absolute atomic E-state index is 0.0266. The largest absolute Gasteiger partial charge is 0.268 e. The Kier molecular flexibility index (Phi) is 2.52. The van der Waals surface area contributed by atoms with E-state index in [1.54, 1.807) is 6.92 Å². The molecule has 1 heterocycles. The number of aryl methyl sites for hydroxylation is 1. The van der Waals surface area contributed by atoms with Crippen molar-refractivity contribution in [3.63, 3.8) is 0 Å². The van der Waals surface area contributed by atoms with Crippen LogP contribution in [0.15, 0.2) is 10.9 Å². The zero-order chi connectivity index (χ0) is 8.43. The van der Waals surface area contributed by atoms with E-state index in [1.165, 1.54) is 6.07 Å². The molecular weight excluding hydrogens is 187 g/mol. The van der Waals surface area contributed by atoms with Crippen LogP contribution in [0.1, 0.15) is 5.56 Å². The Balaban J connectivity index is 3.32. The molecule has 0 atom stereocenters. The Labute approximate surface area is 73.5 Å². The smallest absolute Gasteiger partial charge is 0.268 e. The lowest BCUT2D eigenvalue weighted by molar-refractivity contribution is 0.684. The van der Waals surface area contributed by atoms with Crippen molar-refractivity contribution in [2.45, 2.75) is 12.9 Å². The average Bonchev–Trinajstić information content (AvgIpc) is 1.97. The van der Waals surface area contributed by atoms with Crippen molar-refractivity contribution < 1.29 is 0 Å². The van der Waals surface area contributed by atoms with Gasteiger partial charge in [-0.1, -0.05) is 11.6 Å². The van der Waals surface area contributed by atoms with Gasteiger partial charge in [0, 0.05) is 6.07 Å². The maximum absolute atomic E-state index is 11.0. The molecule has 1 rings (SSSR count). The molecule has 0 aliphatic rings. The van der Waals surface area contributed by atoms with Gasteiger partial charge >= 0.3 is 0 Å². The van der Waals surface area contributed by atoms with Crippen molar-refractivity contribution in [1.82, 2.24) is 9.78 Å². The summed E-state index contributed by atoms with van der Waals surface area (Å²) in [5.74, 6) is 0. The summed E-state index contributed by atoms with van der Waals surface area (Å²) in [7, 11) is 0. The van der Waals surface area contributed by atoms with E-state index in [-0.39, 0.29) is 11.6 Å². The molecule has 0 bridgehead atoms. The highest BCUT2D eigenvalue weighted by atomic mass is 35.5. The van der Waals surface area contributed by atoms with Gasteiger partial charge in [-0.2, -0.15) is 5.10 Å². The van der Waals surface area contributed by atoms with Crippen molar-refractivity contribution in [2.24, 2.45) is 0 Å². The molecule has 0 saturated carbocycles. The summed E-state index contributed by atoms with van der Waals surface area (Å²) >= 11 is 11.0. The van der Waals surface area contributed by atoms with E-state index in [0.717, 1.165) is 4.68 Å². The molecular formula is C6H6Cl2N2O. The van der Waals surface area contributed by atoms with Gasteiger partial charge in [-0.15, -0.1) is 11.6 Å². The minimum atomic E-state index is -0.234. The lowest BCUT2D eigenvalue weighted by Crippen LogP contribution is -2.20. The zero-order valence-corrected chi connectivity index (χ0v) is 7.35. The zero-order valence-electron chi connectivity index (χ0n) is 5.84. The van der Waals surface area contributed by atoms with E-state index in [9.17, 15) is 4.79 Å². The lowest BCUT2D eigenvalue weighted by atomic mass is 10.3. The molecule has 60 valence electrons. The number of hydrogen-bond donors (Lipinski definition) is 0. The Hall–Kier alpha value is -0.540. The summed E-state index contributed by atoms with van der Waals surface area (Å²) in [6.07, 6.45) is 0. The Morgan fingerprint density at radius 2 is 2.36 bits per heavy atom. The van der Waals surface area contributed by atoms with E-state index in [4.69, 9.17) is 23.2 Å². The van der Waals surface area contributed by atoms with Crippen LogP contribution in [0.25, 0.3) is 0 Å². The minimum Gasteiger partial charge on any atom is -0.268 e. The molecule has 0 amide bonds. The lowest BCUT2D eigenvalue weighted by Gasteiger charge is -2.00. The third-order valence-electron chi connectivity index (χ3n) is 1.24. The van der Waals surface area contributed by atoms with Crippen LogP contribution in [0.2, 0.25) is 5.15 Å². The highest BCUT2D eigenvalue weighted by molar-refractivity contribution is 6.30. The van der Waals surface area contributed by atoms with Crippen LogP contribution in [-0.2, 0) is 6.00 Å². The second-order valence-electron chi connectivity index (χ2n) is 2.08. The fraction of sp³-hybridized carbons (Fsp3) is 0.333. The second kappa shape index (κ2) is 3.24. The van der Waals surface area contributed by atoms with Crippen molar-refractivity contribution in [3.8, 4) is 0 Å². The first-order valence-corrected chi connectivity index (χ1v) is 3.86. The fourth-order valence-electron chi connectivity index (χ4n) is 0.639. The summed E-state index contributed by atoms with van der Waals surface area (Å²) in [6, 6.07) is 1.43. The van der Waals surface area contributed by atoms with Crippen LogP contribution in [0.3, 0.4) is 0 Å². The predicted octanol–water partition coefficient (Wildman–Crippen LogP) is 1.40. The third-order valence-corrected chi connectivity index (χ3v) is 1.84. The van der Waals surface area contributed by atoms with Crippen molar-refractivity contribution in [2.75, 3.05) is 0 Å². The van der Waals surface area contributed by atoms with Crippen molar-refractivity contribution in [1.29, 1.82) is 0 Å². The molecule has 3 nitrogen and oxygen atoms in total. The summed E-state index contributed by atoms with van der Waals surface area (Å²) in [4.78, 5) is 11.0. The van der Waals surface area contributed by atoms with Gasteiger partial charge in [0.25, 0.3) is 5.56 Å².